The number of hydrogen-bond acceptors (Lipinski definition) is 1. The number of H-pyrrole nitrogens is 1. The van der Waals surface area contributed by atoms with Gasteiger partial charge in [0.1, 0.15) is 5.65 Å². The first kappa shape index (κ1) is 18.3. The number of aromatic amines is 1. The Hall–Kier alpha value is -3.05. The molecule has 0 saturated carbocycles. The van der Waals surface area contributed by atoms with Crippen LogP contribution in [0.2, 0.25) is 0 Å². The number of nitrogens with zero attached hydrogens (tertiary/aromatic N) is 1. The largest absolute Gasteiger partial charge is 0.346 e. The minimum absolute atomic E-state index is 0.866. The zero-order chi connectivity index (χ0) is 18.1. The summed E-state index contributed by atoms with van der Waals surface area (Å²) in [5, 5.41) is 1.05. The van der Waals surface area contributed by atoms with Gasteiger partial charge in [0, 0.05) is 28.9 Å². The molecule has 0 atom stereocenters. The first-order valence-electron chi connectivity index (χ1n) is 8.51. The van der Waals surface area contributed by atoms with E-state index in [1.165, 1.54) is 6.42 Å². The molecule has 0 fully saturated rings. The first-order valence-corrected chi connectivity index (χ1v) is 8.51. The Kier molecular flexibility index (Phi) is 6.80. The third-order valence-corrected chi connectivity index (χ3v) is 3.25. The molecule has 3 aromatic rings. The molecule has 2 heterocycles. The van der Waals surface area contributed by atoms with Crippen LogP contribution < -0.4 is 0 Å². The number of pyridine rings is 1. The smallest absolute Gasteiger partial charge is 0.138 e. The van der Waals surface area contributed by atoms with E-state index in [0.717, 1.165) is 33.3 Å². The molecule has 1 aromatic carbocycles. The molecule has 0 unspecified atom stereocenters. The number of fused-ring (bicyclic) bond motifs is 1. The maximum atomic E-state index is 4.27. The van der Waals surface area contributed by atoms with Gasteiger partial charge in [-0.2, -0.15) is 0 Å². The third-order valence-electron chi connectivity index (χ3n) is 3.25. The third kappa shape index (κ3) is 5.51. The van der Waals surface area contributed by atoms with Crippen molar-refractivity contribution in [3.05, 3.63) is 83.7 Å². The molecule has 0 aliphatic heterocycles. The predicted octanol–water partition coefficient (Wildman–Crippen LogP) is 5.97. The van der Waals surface area contributed by atoms with E-state index < -0.39 is 0 Å². The van der Waals surface area contributed by atoms with E-state index in [9.17, 15) is 0 Å². The monoisotopic (exact) mass is 328 g/mol. The van der Waals surface area contributed by atoms with Crippen LogP contribution in [0.3, 0.4) is 0 Å². The van der Waals surface area contributed by atoms with Crippen molar-refractivity contribution < 1.29 is 0 Å². The Balaban J connectivity index is 0.000000701. The summed E-state index contributed by atoms with van der Waals surface area (Å²) in [6, 6.07) is 12.1. The standard InChI is InChI=1S/C20H16N2.C3H8/c1-15(2)6-7-16-4-3-5-17(14-16)8-9-18-10-12-21-20-19(18)11-13-22-20;1-3-2/h3-7,10-14H,1H2,2H3,(H,21,22);3H2,1-2H3/b7-6+;. The second-order valence-electron chi connectivity index (χ2n) is 5.86. The summed E-state index contributed by atoms with van der Waals surface area (Å²) in [6.45, 7) is 10.1. The van der Waals surface area contributed by atoms with Gasteiger partial charge in [-0.3, -0.25) is 0 Å². The molecule has 0 aliphatic carbocycles. The fraction of sp³-hybridized carbons (Fsp3) is 0.174. The van der Waals surface area contributed by atoms with Gasteiger partial charge in [-0.25, -0.2) is 4.98 Å². The van der Waals surface area contributed by atoms with Crippen LogP contribution in [0.15, 0.2) is 67.0 Å². The second kappa shape index (κ2) is 9.30. The highest BCUT2D eigenvalue weighted by molar-refractivity contribution is 5.82. The Bertz CT molecular complexity index is 933. The van der Waals surface area contributed by atoms with Crippen LogP contribution >= 0.6 is 0 Å². The summed E-state index contributed by atoms with van der Waals surface area (Å²) in [5.41, 5.74) is 4.99. The molecule has 126 valence electrons. The highest BCUT2D eigenvalue weighted by Gasteiger charge is 1.99. The summed E-state index contributed by atoms with van der Waals surface area (Å²) in [4.78, 5) is 7.37. The van der Waals surface area contributed by atoms with Crippen LogP contribution in [-0.4, -0.2) is 9.97 Å². The molecular weight excluding hydrogens is 304 g/mol. The highest BCUT2D eigenvalue weighted by atomic mass is 14.8. The number of rotatable bonds is 2. The van der Waals surface area contributed by atoms with Gasteiger partial charge in [0.05, 0.1) is 0 Å². The molecular formula is C23H24N2. The van der Waals surface area contributed by atoms with E-state index in [2.05, 4.69) is 54.4 Å². The molecule has 25 heavy (non-hydrogen) atoms. The summed E-state index contributed by atoms with van der Waals surface area (Å²) >= 11 is 0. The Labute approximate surface area is 150 Å². The van der Waals surface area contributed by atoms with Gasteiger partial charge in [0.25, 0.3) is 0 Å². The van der Waals surface area contributed by atoms with Crippen molar-refractivity contribution in [3.8, 4) is 11.8 Å². The van der Waals surface area contributed by atoms with Gasteiger partial charge in [-0.05, 0) is 36.8 Å². The van der Waals surface area contributed by atoms with E-state index in [1.54, 1.807) is 6.20 Å². The Morgan fingerprint density at radius 3 is 2.76 bits per heavy atom. The second-order valence-corrected chi connectivity index (χ2v) is 5.86. The van der Waals surface area contributed by atoms with Crippen molar-refractivity contribution in [3.63, 3.8) is 0 Å². The van der Waals surface area contributed by atoms with E-state index in [1.807, 2.05) is 49.5 Å². The van der Waals surface area contributed by atoms with Gasteiger partial charge in [0.2, 0.25) is 0 Å². The SMILES string of the molecule is C=C(C)/C=C/c1cccc(C#Cc2ccnc3[nH]ccc23)c1.CCC. The van der Waals surface area contributed by atoms with Crippen LogP contribution in [0.1, 0.15) is 43.9 Å². The minimum Gasteiger partial charge on any atom is -0.346 e. The van der Waals surface area contributed by atoms with Crippen LogP contribution in [0, 0.1) is 11.8 Å². The summed E-state index contributed by atoms with van der Waals surface area (Å²) < 4.78 is 0. The minimum atomic E-state index is 0.866. The van der Waals surface area contributed by atoms with Gasteiger partial charge in [0.15, 0.2) is 0 Å². The van der Waals surface area contributed by atoms with Gasteiger partial charge >= 0.3 is 0 Å². The van der Waals surface area contributed by atoms with Crippen LogP contribution in [0.5, 0.6) is 0 Å². The number of hydrogen-bond donors (Lipinski definition) is 1. The fourth-order valence-corrected chi connectivity index (χ4v) is 2.17. The lowest BCUT2D eigenvalue weighted by atomic mass is 10.1. The molecule has 0 saturated heterocycles. The average Bonchev–Trinajstić information content (AvgIpc) is 3.08. The van der Waals surface area contributed by atoms with Crippen molar-refractivity contribution in [2.24, 2.45) is 0 Å². The molecule has 3 rings (SSSR count). The number of allylic oxidation sites excluding steroid dienone is 2. The van der Waals surface area contributed by atoms with Crippen LogP contribution in [0.4, 0.5) is 0 Å². The fourth-order valence-electron chi connectivity index (χ4n) is 2.17. The van der Waals surface area contributed by atoms with Crippen molar-refractivity contribution in [1.82, 2.24) is 9.97 Å². The lowest BCUT2D eigenvalue weighted by molar-refractivity contribution is 1.09. The summed E-state index contributed by atoms with van der Waals surface area (Å²) in [5.74, 6) is 6.45. The predicted molar refractivity (Wildman–Crippen MR) is 108 cm³/mol. The van der Waals surface area contributed by atoms with E-state index in [4.69, 9.17) is 0 Å². The van der Waals surface area contributed by atoms with Gasteiger partial charge < -0.3 is 4.98 Å². The summed E-state index contributed by atoms with van der Waals surface area (Å²) in [6.07, 6.45) is 8.95. The molecule has 0 aliphatic rings. The quantitative estimate of drug-likeness (QED) is 0.456. The van der Waals surface area contributed by atoms with Gasteiger partial charge in [-0.15, -0.1) is 0 Å². The summed E-state index contributed by atoms with van der Waals surface area (Å²) in [7, 11) is 0. The lowest BCUT2D eigenvalue weighted by Crippen LogP contribution is -1.81. The molecule has 0 spiro atoms. The topological polar surface area (TPSA) is 28.7 Å². The maximum Gasteiger partial charge on any atom is 0.138 e. The average molecular weight is 328 g/mol. The Morgan fingerprint density at radius 2 is 2.00 bits per heavy atom. The van der Waals surface area contributed by atoms with Crippen molar-refractivity contribution in [1.29, 1.82) is 0 Å². The van der Waals surface area contributed by atoms with Gasteiger partial charge in [-0.1, -0.05) is 68.5 Å². The molecule has 0 radical (unpaired) electrons. The normalized spacial score (nSPS) is 10.0. The zero-order valence-corrected chi connectivity index (χ0v) is 15.1. The molecule has 0 amide bonds. The zero-order valence-electron chi connectivity index (χ0n) is 15.1. The van der Waals surface area contributed by atoms with Crippen molar-refractivity contribution in [2.45, 2.75) is 27.2 Å². The molecule has 2 aromatic heterocycles. The van der Waals surface area contributed by atoms with Crippen LogP contribution in [-0.2, 0) is 0 Å². The molecule has 0 bridgehead atoms. The number of benzene rings is 1. The molecule has 2 nitrogen and oxygen atoms in total. The van der Waals surface area contributed by atoms with Crippen molar-refractivity contribution in [2.75, 3.05) is 0 Å². The molecule has 1 N–H and O–H groups in total. The van der Waals surface area contributed by atoms with Crippen molar-refractivity contribution >= 4 is 17.1 Å². The number of nitrogens with one attached hydrogen (secondary N) is 1. The molecule has 2 heteroatoms. The highest BCUT2D eigenvalue weighted by Crippen LogP contribution is 2.14. The van der Waals surface area contributed by atoms with E-state index in [0.29, 0.717) is 0 Å². The lowest BCUT2D eigenvalue weighted by Gasteiger charge is -1.96. The van der Waals surface area contributed by atoms with E-state index in [-0.39, 0.29) is 0 Å². The maximum absolute atomic E-state index is 4.27. The number of aromatic nitrogens is 2. The first-order chi connectivity index (χ1) is 12.1. The van der Waals surface area contributed by atoms with Crippen LogP contribution in [0.25, 0.3) is 17.1 Å². The van der Waals surface area contributed by atoms with E-state index >= 15 is 0 Å². The Morgan fingerprint density at radius 1 is 1.20 bits per heavy atom.